The Hall–Kier alpha value is -3.07. The van der Waals surface area contributed by atoms with Crippen molar-refractivity contribution in [1.29, 1.82) is 0 Å². The summed E-state index contributed by atoms with van der Waals surface area (Å²) in [4.78, 5) is 8.71. The Morgan fingerprint density at radius 2 is 2.12 bits per heavy atom. The average Bonchev–Trinajstić information content (AvgIpc) is 3.26. The normalized spacial score (nSPS) is 12.3. The first-order chi connectivity index (χ1) is 12.3. The van der Waals surface area contributed by atoms with Gasteiger partial charge in [-0.25, -0.2) is 9.37 Å². The summed E-state index contributed by atoms with van der Waals surface area (Å²) in [6, 6.07) is 4.03. The zero-order valence-electron chi connectivity index (χ0n) is 14.6. The van der Waals surface area contributed by atoms with E-state index in [9.17, 15) is 9.60 Å². The number of benzene rings is 1. The van der Waals surface area contributed by atoms with Crippen molar-refractivity contribution in [2.24, 2.45) is 0 Å². The summed E-state index contributed by atoms with van der Waals surface area (Å²) in [5, 5.41) is 16.6. The highest BCUT2D eigenvalue weighted by Gasteiger charge is 2.29. The molecule has 134 valence electrons. The van der Waals surface area contributed by atoms with Gasteiger partial charge in [-0.15, -0.1) is 0 Å². The van der Waals surface area contributed by atoms with Crippen LogP contribution in [0.1, 0.15) is 25.4 Å². The van der Waals surface area contributed by atoms with E-state index >= 15 is 0 Å². The fourth-order valence-corrected chi connectivity index (χ4v) is 2.83. The van der Waals surface area contributed by atoms with Gasteiger partial charge >= 0.3 is 0 Å². The van der Waals surface area contributed by atoms with E-state index < -0.39 is 11.4 Å². The second kappa shape index (κ2) is 5.46. The number of hydrogen-bond acceptors (Lipinski definition) is 6. The van der Waals surface area contributed by atoms with Crippen molar-refractivity contribution >= 4 is 16.6 Å². The van der Waals surface area contributed by atoms with Gasteiger partial charge in [0.25, 0.3) is 5.89 Å². The first-order valence-corrected chi connectivity index (χ1v) is 7.91. The highest BCUT2D eigenvalue weighted by Crippen LogP contribution is 2.28. The third-order valence-corrected chi connectivity index (χ3v) is 4.49. The Balaban J connectivity index is 1.99. The number of fused-ring (bicyclic) bond motifs is 3. The van der Waals surface area contributed by atoms with Gasteiger partial charge in [0.2, 0.25) is 17.0 Å². The summed E-state index contributed by atoms with van der Waals surface area (Å²) < 4.78 is 26.6. The Morgan fingerprint density at radius 3 is 2.85 bits per heavy atom. The highest BCUT2D eigenvalue weighted by atomic mass is 19.1. The monoisotopic (exact) mass is 357 g/mol. The number of rotatable bonds is 3. The number of ether oxygens (including phenoxy) is 1. The Labute approximate surface area is 147 Å². The number of imidazole rings is 1. The van der Waals surface area contributed by atoms with Crippen LogP contribution in [0, 0.1) is 17.9 Å². The lowest BCUT2D eigenvalue weighted by molar-refractivity contribution is -0.583. The summed E-state index contributed by atoms with van der Waals surface area (Å²) in [5.74, 6) is 0.0645. The van der Waals surface area contributed by atoms with Crippen LogP contribution < -0.4 is 4.73 Å². The number of hydrogen-bond donors (Lipinski definition) is 0. The van der Waals surface area contributed by atoms with Gasteiger partial charge in [0.05, 0.1) is 0 Å². The van der Waals surface area contributed by atoms with Crippen LogP contribution in [0.4, 0.5) is 4.39 Å². The van der Waals surface area contributed by atoms with Gasteiger partial charge < -0.3 is 14.5 Å². The average molecular weight is 357 g/mol. The molecule has 0 atom stereocenters. The molecular formula is C17H16FN5O3. The van der Waals surface area contributed by atoms with Gasteiger partial charge in [0.15, 0.2) is 0 Å². The van der Waals surface area contributed by atoms with Crippen LogP contribution in [-0.2, 0) is 10.3 Å². The van der Waals surface area contributed by atoms with Gasteiger partial charge in [-0.1, -0.05) is 5.16 Å². The molecular weight excluding hydrogens is 341 g/mol. The lowest BCUT2D eigenvalue weighted by Gasteiger charge is -2.16. The molecule has 3 heterocycles. The topological polar surface area (TPSA) is 92.4 Å². The molecule has 3 aromatic heterocycles. The van der Waals surface area contributed by atoms with Crippen molar-refractivity contribution in [3.05, 3.63) is 47.1 Å². The van der Waals surface area contributed by atoms with E-state index in [0.717, 1.165) is 0 Å². The van der Waals surface area contributed by atoms with Gasteiger partial charge in [-0.2, -0.15) is 9.71 Å². The predicted molar refractivity (Wildman–Crippen MR) is 89.7 cm³/mol. The Bertz CT molecular complexity index is 1150. The molecule has 0 aliphatic carbocycles. The maximum absolute atomic E-state index is 13.5. The van der Waals surface area contributed by atoms with Crippen LogP contribution in [0.5, 0.6) is 0 Å². The van der Waals surface area contributed by atoms with Crippen molar-refractivity contribution in [1.82, 2.24) is 19.5 Å². The third kappa shape index (κ3) is 2.24. The minimum Gasteiger partial charge on any atom is -0.618 e. The van der Waals surface area contributed by atoms with Crippen molar-refractivity contribution < 1.29 is 18.4 Å². The molecule has 0 saturated carbocycles. The van der Waals surface area contributed by atoms with Crippen molar-refractivity contribution in [3.63, 3.8) is 0 Å². The predicted octanol–water partition coefficient (Wildman–Crippen LogP) is 2.50. The van der Waals surface area contributed by atoms with Crippen molar-refractivity contribution in [3.8, 4) is 11.5 Å². The quantitative estimate of drug-likeness (QED) is 0.413. The van der Waals surface area contributed by atoms with Gasteiger partial charge in [0.1, 0.15) is 34.5 Å². The van der Waals surface area contributed by atoms with E-state index in [2.05, 4.69) is 15.1 Å². The summed E-state index contributed by atoms with van der Waals surface area (Å²) in [7, 11) is 1.55. The molecule has 0 saturated heterocycles. The molecule has 0 unspecified atom stereocenters. The zero-order chi connectivity index (χ0) is 18.6. The second-order valence-electron chi connectivity index (χ2n) is 6.46. The lowest BCUT2D eigenvalue weighted by Crippen LogP contribution is -2.32. The Morgan fingerprint density at radius 1 is 1.35 bits per heavy atom. The standard InChI is InChI=1S/C17H16FN5O3/c1-9-14-13(15-20-16(26-21-15)17(2,3)25-4)19-8-22(14)11-6-5-10(18)7-12(11)23(9)24/h5-8H,1-4H3. The fourth-order valence-electron chi connectivity index (χ4n) is 2.83. The molecule has 9 heteroatoms. The van der Waals surface area contributed by atoms with E-state index in [-0.39, 0.29) is 11.3 Å². The van der Waals surface area contributed by atoms with Gasteiger partial charge in [-0.05, 0) is 26.0 Å². The smallest absolute Gasteiger partial charge is 0.258 e. The molecule has 1 aromatic carbocycles. The molecule has 8 nitrogen and oxygen atoms in total. The molecule has 0 amide bonds. The molecule has 0 aliphatic rings. The number of aromatic nitrogens is 5. The van der Waals surface area contributed by atoms with Gasteiger partial charge in [-0.3, -0.25) is 4.40 Å². The zero-order valence-corrected chi connectivity index (χ0v) is 14.6. The van der Waals surface area contributed by atoms with Crippen LogP contribution in [0.25, 0.3) is 28.1 Å². The maximum atomic E-state index is 13.5. The summed E-state index contributed by atoms with van der Waals surface area (Å²) in [5.41, 5.74) is 1.28. The largest absolute Gasteiger partial charge is 0.618 e. The number of methoxy groups -OCH3 is 1. The van der Waals surface area contributed by atoms with Crippen LogP contribution >= 0.6 is 0 Å². The van der Waals surface area contributed by atoms with Crippen LogP contribution in [-0.4, -0.2) is 26.6 Å². The van der Waals surface area contributed by atoms with E-state index in [1.165, 1.54) is 18.2 Å². The van der Waals surface area contributed by atoms with E-state index in [0.29, 0.717) is 33.0 Å². The summed E-state index contributed by atoms with van der Waals surface area (Å²) in [6.07, 6.45) is 1.55. The number of nitrogens with zero attached hydrogens (tertiary/aromatic N) is 5. The lowest BCUT2D eigenvalue weighted by atomic mass is 10.1. The second-order valence-corrected chi connectivity index (χ2v) is 6.46. The SMILES string of the molecule is COC(C)(C)c1nc(-c2ncn3c2c(C)[n+]([O-])c2cc(F)ccc23)no1. The molecule has 0 bridgehead atoms. The van der Waals surface area contributed by atoms with E-state index in [1.807, 2.05) is 0 Å². The Kier molecular flexibility index (Phi) is 3.45. The maximum Gasteiger partial charge on any atom is 0.258 e. The minimum absolute atomic E-state index is 0.216. The van der Waals surface area contributed by atoms with E-state index in [1.54, 1.807) is 38.6 Å². The molecule has 4 rings (SSSR count). The minimum atomic E-state index is -0.751. The molecule has 26 heavy (non-hydrogen) atoms. The van der Waals surface area contributed by atoms with Crippen LogP contribution in [0.15, 0.2) is 29.0 Å². The van der Waals surface area contributed by atoms with E-state index in [4.69, 9.17) is 9.26 Å². The molecule has 4 aromatic rings. The van der Waals surface area contributed by atoms with Gasteiger partial charge in [0, 0.05) is 20.1 Å². The van der Waals surface area contributed by atoms with Crippen molar-refractivity contribution in [2.45, 2.75) is 26.4 Å². The molecule has 0 fully saturated rings. The fraction of sp³-hybridized carbons (Fsp3) is 0.294. The highest BCUT2D eigenvalue weighted by molar-refractivity contribution is 5.82. The molecule has 0 N–H and O–H groups in total. The number of halogens is 1. The number of aryl methyl sites for hydroxylation is 1. The first-order valence-electron chi connectivity index (χ1n) is 7.91. The molecule has 0 spiro atoms. The summed E-state index contributed by atoms with van der Waals surface area (Å²) in [6.45, 7) is 5.24. The summed E-state index contributed by atoms with van der Waals surface area (Å²) >= 11 is 0. The molecule has 0 aliphatic heterocycles. The van der Waals surface area contributed by atoms with Crippen LogP contribution in [0.2, 0.25) is 0 Å². The first kappa shape index (κ1) is 16.4. The molecule has 0 radical (unpaired) electrons. The van der Waals surface area contributed by atoms with Crippen LogP contribution in [0.3, 0.4) is 0 Å². The third-order valence-electron chi connectivity index (χ3n) is 4.49. The van der Waals surface area contributed by atoms with Crippen molar-refractivity contribution in [2.75, 3.05) is 7.11 Å².